The van der Waals surface area contributed by atoms with Crippen molar-refractivity contribution in [2.45, 2.75) is 6.92 Å². The molecule has 0 N–H and O–H groups in total. The van der Waals surface area contributed by atoms with Gasteiger partial charge in [-0.25, -0.2) is 0 Å². The molecule has 1 aromatic carbocycles. The van der Waals surface area contributed by atoms with Crippen molar-refractivity contribution in [1.29, 1.82) is 0 Å². The van der Waals surface area contributed by atoms with E-state index in [0.717, 1.165) is 6.29 Å². The first-order valence-electron chi connectivity index (χ1n) is 5.15. The molecule has 0 aromatic heterocycles. The Morgan fingerprint density at radius 3 is 2.69 bits per heavy atom. The van der Waals surface area contributed by atoms with Gasteiger partial charge in [0.25, 0.3) is 0 Å². The Hall–Kier alpha value is -1.55. The van der Waals surface area contributed by atoms with Gasteiger partial charge < -0.3 is 14.2 Å². The topological polar surface area (TPSA) is 44.8 Å². The average molecular weight is 224 g/mol. The number of rotatable bonds is 7. The van der Waals surface area contributed by atoms with E-state index in [1.165, 1.54) is 0 Å². The van der Waals surface area contributed by atoms with E-state index in [2.05, 4.69) is 0 Å². The number of benzene rings is 1. The first-order chi connectivity index (χ1) is 7.81. The Kier molecular flexibility index (Phi) is 5.36. The minimum Gasteiger partial charge on any atom is -0.494 e. The highest BCUT2D eigenvalue weighted by molar-refractivity contribution is 5.80. The Labute approximate surface area is 95.1 Å². The minimum atomic E-state index is 0.422. The summed E-state index contributed by atoms with van der Waals surface area (Å²) in [6, 6.07) is 5.17. The largest absolute Gasteiger partial charge is 0.494 e. The lowest BCUT2D eigenvalue weighted by Crippen LogP contribution is -2.06. The summed E-state index contributed by atoms with van der Waals surface area (Å²) in [5, 5.41) is 0. The number of carbonyl (C=O) groups is 1. The van der Waals surface area contributed by atoms with Crippen LogP contribution < -0.4 is 9.47 Å². The van der Waals surface area contributed by atoms with E-state index < -0.39 is 0 Å². The van der Waals surface area contributed by atoms with E-state index in [1.807, 2.05) is 6.92 Å². The maximum Gasteiger partial charge on any atom is 0.153 e. The molecule has 0 aliphatic heterocycles. The first-order valence-corrected chi connectivity index (χ1v) is 5.15. The van der Waals surface area contributed by atoms with Crippen LogP contribution in [0, 0.1) is 0 Å². The van der Waals surface area contributed by atoms with Crippen LogP contribution in [0.4, 0.5) is 0 Å². The van der Waals surface area contributed by atoms with Crippen LogP contribution >= 0.6 is 0 Å². The molecule has 0 saturated carbocycles. The van der Waals surface area contributed by atoms with Gasteiger partial charge in [0.15, 0.2) is 6.29 Å². The predicted octanol–water partition coefficient (Wildman–Crippen LogP) is 1.92. The van der Waals surface area contributed by atoms with Crippen molar-refractivity contribution in [2.24, 2.45) is 0 Å². The maximum atomic E-state index is 10.8. The monoisotopic (exact) mass is 224 g/mol. The molecular weight excluding hydrogens is 208 g/mol. The van der Waals surface area contributed by atoms with Gasteiger partial charge in [-0.2, -0.15) is 0 Å². The van der Waals surface area contributed by atoms with Gasteiger partial charge in [0.1, 0.15) is 18.1 Å². The zero-order valence-corrected chi connectivity index (χ0v) is 9.56. The summed E-state index contributed by atoms with van der Waals surface area (Å²) in [6.45, 7) is 3.38. The SMILES string of the molecule is CCOc1ccc(OCCOC)c(C=O)c1. The van der Waals surface area contributed by atoms with Crippen LogP contribution in [0.2, 0.25) is 0 Å². The van der Waals surface area contributed by atoms with Gasteiger partial charge in [0, 0.05) is 7.11 Å². The van der Waals surface area contributed by atoms with Crippen LogP contribution in [0.15, 0.2) is 18.2 Å². The predicted molar refractivity (Wildman–Crippen MR) is 60.4 cm³/mol. The Balaban J connectivity index is 2.72. The quantitative estimate of drug-likeness (QED) is 0.524. The van der Waals surface area contributed by atoms with Crippen LogP contribution in [0.5, 0.6) is 11.5 Å². The highest BCUT2D eigenvalue weighted by Gasteiger charge is 2.04. The van der Waals surface area contributed by atoms with E-state index in [4.69, 9.17) is 14.2 Å². The molecule has 1 rings (SSSR count). The van der Waals surface area contributed by atoms with Crippen molar-refractivity contribution in [3.63, 3.8) is 0 Å². The summed E-state index contributed by atoms with van der Waals surface area (Å²) in [5.41, 5.74) is 0.488. The van der Waals surface area contributed by atoms with Crippen molar-refractivity contribution in [1.82, 2.24) is 0 Å². The molecule has 4 nitrogen and oxygen atoms in total. The average Bonchev–Trinajstić information content (AvgIpc) is 2.31. The third-order valence-electron chi connectivity index (χ3n) is 1.96. The molecule has 0 aliphatic carbocycles. The third kappa shape index (κ3) is 3.55. The second-order valence-electron chi connectivity index (χ2n) is 3.09. The molecule has 0 saturated heterocycles. The number of hydrogen-bond donors (Lipinski definition) is 0. The van der Waals surface area contributed by atoms with Gasteiger partial charge in [-0.05, 0) is 25.1 Å². The number of hydrogen-bond acceptors (Lipinski definition) is 4. The van der Waals surface area contributed by atoms with Crippen molar-refractivity contribution in [2.75, 3.05) is 26.9 Å². The highest BCUT2D eigenvalue weighted by atomic mass is 16.5. The Morgan fingerprint density at radius 1 is 1.25 bits per heavy atom. The second-order valence-corrected chi connectivity index (χ2v) is 3.09. The van der Waals surface area contributed by atoms with Gasteiger partial charge in [-0.1, -0.05) is 0 Å². The van der Waals surface area contributed by atoms with Crippen molar-refractivity contribution >= 4 is 6.29 Å². The summed E-state index contributed by atoms with van der Waals surface area (Å²) in [5.74, 6) is 1.22. The molecule has 0 atom stereocenters. The molecular formula is C12H16O4. The van der Waals surface area contributed by atoms with Crippen molar-refractivity contribution in [3.05, 3.63) is 23.8 Å². The fraction of sp³-hybridized carbons (Fsp3) is 0.417. The summed E-state index contributed by atoms with van der Waals surface area (Å²) < 4.78 is 15.5. The van der Waals surface area contributed by atoms with Gasteiger partial charge in [0.05, 0.1) is 18.8 Å². The lowest BCUT2D eigenvalue weighted by Gasteiger charge is -2.09. The maximum absolute atomic E-state index is 10.8. The van der Waals surface area contributed by atoms with Crippen LogP contribution in [0.25, 0.3) is 0 Å². The molecule has 88 valence electrons. The fourth-order valence-electron chi connectivity index (χ4n) is 1.24. The zero-order chi connectivity index (χ0) is 11.8. The van der Waals surface area contributed by atoms with E-state index in [1.54, 1.807) is 25.3 Å². The second kappa shape index (κ2) is 6.85. The molecule has 0 unspecified atom stereocenters. The molecule has 0 heterocycles. The highest BCUT2D eigenvalue weighted by Crippen LogP contribution is 2.22. The van der Waals surface area contributed by atoms with E-state index in [0.29, 0.717) is 36.9 Å². The molecule has 0 amide bonds. The molecule has 16 heavy (non-hydrogen) atoms. The first kappa shape index (κ1) is 12.5. The molecule has 4 heteroatoms. The summed E-state index contributed by atoms with van der Waals surface area (Å²) in [6.07, 6.45) is 0.755. The number of carbonyl (C=O) groups excluding carboxylic acids is 1. The van der Waals surface area contributed by atoms with Gasteiger partial charge in [-0.3, -0.25) is 4.79 Å². The van der Waals surface area contributed by atoms with E-state index in [-0.39, 0.29) is 0 Å². The summed E-state index contributed by atoms with van der Waals surface area (Å²) in [4.78, 5) is 10.8. The lowest BCUT2D eigenvalue weighted by molar-refractivity contribution is 0.111. The molecule has 0 radical (unpaired) electrons. The summed E-state index contributed by atoms with van der Waals surface area (Å²) in [7, 11) is 1.60. The van der Waals surface area contributed by atoms with Gasteiger partial charge in [-0.15, -0.1) is 0 Å². The lowest BCUT2D eigenvalue weighted by atomic mass is 10.2. The van der Waals surface area contributed by atoms with Crippen LogP contribution in [-0.2, 0) is 4.74 Å². The van der Waals surface area contributed by atoms with E-state index in [9.17, 15) is 4.79 Å². The van der Waals surface area contributed by atoms with Crippen LogP contribution in [-0.4, -0.2) is 33.2 Å². The van der Waals surface area contributed by atoms with E-state index >= 15 is 0 Å². The smallest absolute Gasteiger partial charge is 0.153 e. The number of aldehydes is 1. The van der Waals surface area contributed by atoms with Gasteiger partial charge >= 0.3 is 0 Å². The minimum absolute atomic E-state index is 0.422. The Bertz CT molecular complexity index is 336. The van der Waals surface area contributed by atoms with Crippen LogP contribution in [0.1, 0.15) is 17.3 Å². The van der Waals surface area contributed by atoms with Crippen molar-refractivity contribution in [3.8, 4) is 11.5 Å². The molecule has 0 spiro atoms. The Morgan fingerprint density at radius 2 is 2.06 bits per heavy atom. The molecule has 0 aliphatic rings. The fourth-order valence-corrected chi connectivity index (χ4v) is 1.24. The molecule has 0 fully saturated rings. The standard InChI is InChI=1S/C12H16O4/c1-3-15-11-4-5-12(10(8-11)9-13)16-7-6-14-2/h4-5,8-9H,3,6-7H2,1-2H3. The molecule has 1 aromatic rings. The van der Waals surface area contributed by atoms with Crippen molar-refractivity contribution < 1.29 is 19.0 Å². The number of methoxy groups -OCH3 is 1. The molecule has 0 bridgehead atoms. The zero-order valence-electron chi connectivity index (χ0n) is 9.56. The van der Waals surface area contributed by atoms with Gasteiger partial charge in [0.2, 0.25) is 0 Å². The number of ether oxygens (including phenoxy) is 3. The normalized spacial score (nSPS) is 9.88. The third-order valence-corrected chi connectivity index (χ3v) is 1.96. The van der Waals surface area contributed by atoms with Crippen LogP contribution in [0.3, 0.4) is 0 Å². The summed E-state index contributed by atoms with van der Waals surface area (Å²) >= 11 is 0.